The molecule has 0 amide bonds. The van der Waals surface area contributed by atoms with E-state index in [0.717, 1.165) is 44.3 Å². The van der Waals surface area contributed by atoms with Gasteiger partial charge in [-0.2, -0.15) is 5.10 Å². The largest absolute Gasteiger partial charge is 0.497 e. The molecule has 0 spiro atoms. The number of aromatic nitrogens is 3. The Hall–Kier alpha value is -2.08. The zero-order chi connectivity index (χ0) is 17.2. The Morgan fingerprint density at radius 2 is 1.92 bits per heavy atom. The second-order valence-corrected chi connectivity index (χ2v) is 6.86. The molecule has 1 saturated heterocycles. The van der Waals surface area contributed by atoms with E-state index in [0.29, 0.717) is 0 Å². The third-order valence-corrected chi connectivity index (χ3v) is 4.73. The molecule has 1 aliphatic rings. The second kappa shape index (κ2) is 6.81. The van der Waals surface area contributed by atoms with Gasteiger partial charge >= 0.3 is 0 Å². The molecule has 130 valence electrons. The fourth-order valence-electron chi connectivity index (χ4n) is 3.51. The van der Waals surface area contributed by atoms with Crippen molar-refractivity contribution in [1.82, 2.24) is 19.7 Å². The lowest BCUT2D eigenvalue weighted by atomic mass is 9.97. The van der Waals surface area contributed by atoms with Crippen LogP contribution in [0.15, 0.2) is 30.6 Å². The standard InChI is InChI=1S/C18H27N5O/c1-5-23-17(19-14-20-23)12-21-10-11-22(18(2,3)13-21)15-6-8-16(24-4)9-7-15/h6-9,14H,5,10-13H2,1-4H3. The Morgan fingerprint density at radius 1 is 1.17 bits per heavy atom. The van der Waals surface area contributed by atoms with E-state index in [2.05, 4.69) is 52.8 Å². The van der Waals surface area contributed by atoms with E-state index in [9.17, 15) is 0 Å². The van der Waals surface area contributed by atoms with Gasteiger partial charge in [-0.25, -0.2) is 9.67 Å². The number of hydrogen-bond acceptors (Lipinski definition) is 5. The molecule has 3 rings (SSSR count). The predicted molar refractivity (Wildman–Crippen MR) is 95.4 cm³/mol. The van der Waals surface area contributed by atoms with E-state index < -0.39 is 0 Å². The van der Waals surface area contributed by atoms with Crippen molar-refractivity contribution in [2.75, 3.05) is 31.6 Å². The minimum absolute atomic E-state index is 0.0594. The average Bonchev–Trinajstić information content (AvgIpc) is 3.01. The van der Waals surface area contributed by atoms with Gasteiger partial charge in [-0.3, -0.25) is 4.90 Å². The Morgan fingerprint density at radius 3 is 2.54 bits per heavy atom. The van der Waals surface area contributed by atoms with Gasteiger partial charge in [-0.1, -0.05) is 0 Å². The van der Waals surface area contributed by atoms with Crippen LogP contribution in [-0.2, 0) is 13.1 Å². The van der Waals surface area contributed by atoms with E-state index in [1.807, 2.05) is 16.8 Å². The van der Waals surface area contributed by atoms with E-state index in [1.165, 1.54) is 5.69 Å². The first kappa shape index (κ1) is 16.8. The Kier molecular flexibility index (Phi) is 4.76. The highest BCUT2D eigenvalue weighted by Gasteiger charge is 2.34. The number of aryl methyl sites for hydroxylation is 1. The normalized spacial score (nSPS) is 17.9. The van der Waals surface area contributed by atoms with Crippen LogP contribution in [0, 0.1) is 0 Å². The number of methoxy groups -OCH3 is 1. The van der Waals surface area contributed by atoms with Gasteiger partial charge in [0.05, 0.1) is 13.7 Å². The number of piperazine rings is 1. The first-order valence-corrected chi connectivity index (χ1v) is 8.54. The summed E-state index contributed by atoms with van der Waals surface area (Å²) in [6.45, 7) is 11.4. The third-order valence-electron chi connectivity index (χ3n) is 4.73. The van der Waals surface area contributed by atoms with Crippen molar-refractivity contribution in [3.05, 3.63) is 36.4 Å². The molecule has 0 atom stereocenters. The van der Waals surface area contributed by atoms with E-state index >= 15 is 0 Å². The average molecular weight is 329 g/mol. The summed E-state index contributed by atoms with van der Waals surface area (Å²) in [5.41, 5.74) is 1.31. The number of hydrogen-bond donors (Lipinski definition) is 0. The molecule has 24 heavy (non-hydrogen) atoms. The van der Waals surface area contributed by atoms with E-state index in [-0.39, 0.29) is 5.54 Å². The highest BCUT2D eigenvalue weighted by atomic mass is 16.5. The van der Waals surface area contributed by atoms with Gasteiger partial charge < -0.3 is 9.64 Å². The molecule has 1 aliphatic heterocycles. The summed E-state index contributed by atoms with van der Waals surface area (Å²) in [7, 11) is 1.70. The predicted octanol–water partition coefficient (Wildman–Crippen LogP) is 2.41. The van der Waals surface area contributed by atoms with Gasteiger partial charge in [0.1, 0.15) is 17.9 Å². The summed E-state index contributed by atoms with van der Waals surface area (Å²) in [5, 5.41) is 4.27. The first-order valence-electron chi connectivity index (χ1n) is 8.54. The second-order valence-electron chi connectivity index (χ2n) is 6.86. The number of benzene rings is 1. The van der Waals surface area contributed by atoms with Crippen LogP contribution in [0.25, 0.3) is 0 Å². The van der Waals surface area contributed by atoms with Gasteiger partial charge in [-0.15, -0.1) is 0 Å². The summed E-state index contributed by atoms with van der Waals surface area (Å²) < 4.78 is 7.24. The van der Waals surface area contributed by atoms with Gasteiger partial charge in [0.25, 0.3) is 0 Å². The van der Waals surface area contributed by atoms with Crippen LogP contribution < -0.4 is 9.64 Å². The van der Waals surface area contributed by atoms with Crippen LogP contribution in [0.4, 0.5) is 5.69 Å². The Bertz CT molecular complexity index is 664. The summed E-state index contributed by atoms with van der Waals surface area (Å²) in [4.78, 5) is 9.36. The number of rotatable bonds is 5. The van der Waals surface area contributed by atoms with Crippen molar-refractivity contribution in [3.63, 3.8) is 0 Å². The SMILES string of the molecule is CCn1ncnc1CN1CCN(c2ccc(OC)cc2)C(C)(C)C1. The smallest absolute Gasteiger partial charge is 0.140 e. The van der Waals surface area contributed by atoms with Crippen molar-refractivity contribution in [2.24, 2.45) is 0 Å². The van der Waals surface area contributed by atoms with E-state index in [4.69, 9.17) is 4.74 Å². The summed E-state index contributed by atoms with van der Waals surface area (Å²) in [6.07, 6.45) is 1.65. The van der Waals surface area contributed by atoms with E-state index in [1.54, 1.807) is 13.4 Å². The fraction of sp³-hybridized carbons (Fsp3) is 0.556. The molecule has 0 bridgehead atoms. The first-order chi connectivity index (χ1) is 11.5. The number of anilines is 1. The minimum Gasteiger partial charge on any atom is -0.497 e. The summed E-state index contributed by atoms with van der Waals surface area (Å²) in [6, 6.07) is 8.34. The Balaban J connectivity index is 1.70. The Labute approximate surface area is 144 Å². The third kappa shape index (κ3) is 3.38. The lowest BCUT2D eigenvalue weighted by Gasteiger charge is -2.48. The molecule has 6 heteroatoms. The lowest BCUT2D eigenvalue weighted by molar-refractivity contribution is 0.170. The van der Waals surface area contributed by atoms with Crippen molar-refractivity contribution in [1.29, 1.82) is 0 Å². The number of nitrogens with zero attached hydrogens (tertiary/aromatic N) is 5. The molecule has 0 N–H and O–H groups in total. The molecule has 1 fully saturated rings. The fourth-order valence-corrected chi connectivity index (χ4v) is 3.51. The van der Waals surface area contributed by atoms with Crippen molar-refractivity contribution in [3.8, 4) is 5.75 Å². The molecule has 0 saturated carbocycles. The quantitative estimate of drug-likeness (QED) is 0.843. The molecular formula is C18H27N5O. The maximum Gasteiger partial charge on any atom is 0.140 e. The zero-order valence-corrected chi connectivity index (χ0v) is 15.1. The topological polar surface area (TPSA) is 46.4 Å². The van der Waals surface area contributed by atoms with Gasteiger partial charge in [-0.05, 0) is 45.0 Å². The lowest BCUT2D eigenvalue weighted by Crippen LogP contribution is -2.59. The molecule has 1 aromatic carbocycles. The molecule has 6 nitrogen and oxygen atoms in total. The molecule has 0 aliphatic carbocycles. The van der Waals surface area contributed by atoms with Crippen molar-refractivity contribution < 1.29 is 4.74 Å². The molecule has 0 unspecified atom stereocenters. The van der Waals surface area contributed by atoms with Crippen molar-refractivity contribution in [2.45, 2.75) is 39.4 Å². The van der Waals surface area contributed by atoms with Crippen LogP contribution in [0.2, 0.25) is 0 Å². The molecule has 2 heterocycles. The van der Waals surface area contributed by atoms with Gasteiger partial charge in [0.2, 0.25) is 0 Å². The highest BCUT2D eigenvalue weighted by molar-refractivity contribution is 5.51. The zero-order valence-electron chi connectivity index (χ0n) is 15.1. The van der Waals surface area contributed by atoms with Crippen LogP contribution >= 0.6 is 0 Å². The highest BCUT2D eigenvalue weighted by Crippen LogP contribution is 2.29. The van der Waals surface area contributed by atoms with Crippen LogP contribution in [0.5, 0.6) is 5.75 Å². The number of ether oxygens (including phenoxy) is 1. The van der Waals surface area contributed by atoms with Gasteiger partial charge in [0.15, 0.2) is 0 Å². The van der Waals surface area contributed by atoms with Crippen LogP contribution in [-0.4, -0.2) is 51.9 Å². The van der Waals surface area contributed by atoms with Crippen molar-refractivity contribution >= 4 is 5.69 Å². The monoisotopic (exact) mass is 329 g/mol. The summed E-state index contributed by atoms with van der Waals surface area (Å²) in [5.74, 6) is 1.94. The molecule has 1 aromatic heterocycles. The summed E-state index contributed by atoms with van der Waals surface area (Å²) >= 11 is 0. The molecular weight excluding hydrogens is 302 g/mol. The maximum absolute atomic E-state index is 5.26. The molecule has 2 aromatic rings. The van der Waals surface area contributed by atoms with Crippen LogP contribution in [0.1, 0.15) is 26.6 Å². The maximum atomic E-state index is 5.26. The van der Waals surface area contributed by atoms with Gasteiger partial charge in [0, 0.05) is 37.4 Å². The van der Waals surface area contributed by atoms with Crippen LogP contribution in [0.3, 0.4) is 0 Å². The minimum atomic E-state index is 0.0594. The molecule has 0 radical (unpaired) electrons.